The molecule has 5 heteroatoms. The van der Waals surface area contributed by atoms with Crippen molar-refractivity contribution in [1.29, 1.82) is 0 Å². The standard InChI is InChI=1S/C28H20N2O3/c31-24(16-17-4-2-1-3-5-17)29-20-10-12-21(13-11-20)30-27(32)22-14-8-18-6-7-19-9-15-23(28(30)33)26(22)25(18)19/h1-5,8-15H,6-7,16H2,(H,29,31). The Balaban J connectivity index is 1.28. The van der Waals surface area contributed by atoms with Gasteiger partial charge >= 0.3 is 0 Å². The van der Waals surface area contributed by atoms with Gasteiger partial charge in [-0.1, -0.05) is 42.5 Å². The summed E-state index contributed by atoms with van der Waals surface area (Å²) in [6, 6.07) is 24.0. The number of hydrogen-bond donors (Lipinski definition) is 1. The smallest absolute Gasteiger partial charge is 0.265 e. The van der Waals surface area contributed by atoms with E-state index in [-0.39, 0.29) is 24.1 Å². The van der Waals surface area contributed by atoms with E-state index in [0.29, 0.717) is 22.5 Å². The number of benzene rings is 4. The number of hydrogen-bond acceptors (Lipinski definition) is 3. The van der Waals surface area contributed by atoms with Crippen molar-refractivity contribution in [2.75, 3.05) is 10.2 Å². The summed E-state index contributed by atoms with van der Waals surface area (Å²) in [5.41, 5.74) is 5.55. The molecule has 0 radical (unpaired) electrons. The second kappa shape index (κ2) is 7.41. The third kappa shape index (κ3) is 3.12. The van der Waals surface area contributed by atoms with E-state index in [2.05, 4.69) is 5.32 Å². The fraction of sp³-hybridized carbons (Fsp3) is 0.107. The Kier molecular flexibility index (Phi) is 4.37. The van der Waals surface area contributed by atoms with Crippen LogP contribution in [0.1, 0.15) is 37.4 Å². The van der Waals surface area contributed by atoms with E-state index in [0.717, 1.165) is 29.2 Å². The third-order valence-electron chi connectivity index (χ3n) is 6.48. The van der Waals surface area contributed by atoms with Crippen LogP contribution in [0.5, 0.6) is 0 Å². The van der Waals surface area contributed by atoms with Crippen LogP contribution in [0.4, 0.5) is 11.4 Å². The molecule has 4 aromatic carbocycles. The van der Waals surface area contributed by atoms with Gasteiger partial charge in [0.1, 0.15) is 0 Å². The van der Waals surface area contributed by atoms with Gasteiger partial charge in [0.05, 0.1) is 12.1 Å². The Bertz CT molecular complexity index is 1400. The lowest BCUT2D eigenvalue weighted by atomic mass is 9.91. The number of amides is 3. The van der Waals surface area contributed by atoms with Crippen LogP contribution >= 0.6 is 0 Å². The summed E-state index contributed by atoms with van der Waals surface area (Å²) < 4.78 is 0. The van der Waals surface area contributed by atoms with Crippen molar-refractivity contribution in [3.8, 4) is 0 Å². The van der Waals surface area contributed by atoms with Gasteiger partial charge in [0, 0.05) is 22.2 Å². The van der Waals surface area contributed by atoms with E-state index in [1.807, 2.05) is 54.6 Å². The zero-order valence-electron chi connectivity index (χ0n) is 17.8. The molecule has 0 aromatic heterocycles. The Morgan fingerprint density at radius 2 is 1.33 bits per heavy atom. The molecule has 3 amide bonds. The molecule has 1 aliphatic carbocycles. The molecule has 2 aliphatic rings. The van der Waals surface area contributed by atoms with Gasteiger partial charge < -0.3 is 5.32 Å². The van der Waals surface area contributed by atoms with Crippen LogP contribution in [0.25, 0.3) is 10.8 Å². The highest BCUT2D eigenvalue weighted by molar-refractivity contribution is 6.36. The number of carbonyl (C=O) groups is 3. The Morgan fingerprint density at radius 3 is 1.94 bits per heavy atom. The number of nitrogens with zero attached hydrogens (tertiary/aromatic N) is 1. The highest BCUT2D eigenvalue weighted by atomic mass is 16.2. The van der Waals surface area contributed by atoms with E-state index < -0.39 is 0 Å². The van der Waals surface area contributed by atoms with Gasteiger partial charge in [0.25, 0.3) is 11.8 Å². The number of nitrogens with one attached hydrogen (secondary N) is 1. The lowest BCUT2D eigenvalue weighted by Crippen LogP contribution is -2.40. The minimum atomic E-state index is -0.316. The van der Waals surface area contributed by atoms with E-state index in [9.17, 15) is 14.4 Å². The maximum atomic E-state index is 13.4. The average molecular weight is 432 g/mol. The molecule has 1 N–H and O–H groups in total. The molecule has 0 unspecified atom stereocenters. The minimum Gasteiger partial charge on any atom is -0.326 e. The largest absolute Gasteiger partial charge is 0.326 e. The number of carbonyl (C=O) groups excluding carboxylic acids is 3. The Morgan fingerprint density at radius 1 is 0.727 bits per heavy atom. The van der Waals surface area contributed by atoms with Crippen molar-refractivity contribution in [1.82, 2.24) is 0 Å². The molecule has 160 valence electrons. The second-order valence-corrected chi connectivity index (χ2v) is 8.50. The molecule has 5 nitrogen and oxygen atoms in total. The Labute approximate surface area is 190 Å². The zero-order chi connectivity index (χ0) is 22.5. The molecule has 1 aliphatic heterocycles. The highest BCUT2D eigenvalue weighted by Crippen LogP contribution is 2.39. The van der Waals surface area contributed by atoms with Crippen molar-refractivity contribution in [2.45, 2.75) is 19.3 Å². The maximum absolute atomic E-state index is 13.4. The predicted molar refractivity (Wildman–Crippen MR) is 128 cm³/mol. The van der Waals surface area contributed by atoms with E-state index in [1.54, 1.807) is 24.3 Å². The zero-order valence-corrected chi connectivity index (χ0v) is 17.8. The molecule has 0 fully saturated rings. The van der Waals surface area contributed by atoms with Crippen molar-refractivity contribution < 1.29 is 14.4 Å². The molecule has 0 saturated carbocycles. The van der Waals surface area contributed by atoms with Gasteiger partial charge in [0.2, 0.25) is 5.91 Å². The van der Waals surface area contributed by atoms with Gasteiger partial charge in [-0.15, -0.1) is 0 Å². The molecule has 0 atom stereocenters. The predicted octanol–water partition coefficient (Wildman–Crippen LogP) is 4.92. The summed E-state index contributed by atoms with van der Waals surface area (Å²) in [5.74, 6) is -0.760. The van der Waals surface area contributed by atoms with Gasteiger partial charge in [-0.2, -0.15) is 0 Å². The average Bonchev–Trinajstić information content (AvgIpc) is 3.25. The van der Waals surface area contributed by atoms with Gasteiger partial charge in [0.15, 0.2) is 0 Å². The number of anilines is 2. The van der Waals surface area contributed by atoms with Crippen LogP contribution in [0.2, 0.25) is 0 Å². The summed E-state index contributed by atoms with van der Waals surface area (Å²) in [6.45, 7) is 0. The maximum Gasteiger partial charge on any atom is 0.265 e. The SMILES string of the molecule is O=C(Cc1ccccc1)Nc1ccc(N2C(=O)c3ccc4c5c(ccc(c35)C2=O)CC4)cc1. The van der Waals surface area contributed by atoms with Crippen molar-refractivity contribution in [3.05, 3.63) is 107 Å². The molecule has 33 heavy (non-hydrogen) atoms. The van der Waals surface area contributed by atoms with Crippen molar-refractivity contribution in [3.63, 3.8) is 0 Å². The lowest BCUT2D eigenvalue weighted by Gasteiger charge is -2.27. The molecule has 4 aromatic rings. The van der Waals surface area contributed by atoms with Crippen LogP contribution in [-0.2, 0) is 24.1 Å². The first-order valence-electron chi connectivity index (χ1n) is 11.0. The quantitative estimate of drug-likeness (QED) is 0.466. The van der Waals surface area contributed by atoms with Crippen molar-refractivity contribution >= 4 is 39.9 Å². The van der Waals surface area contributed by atoms with Gasteiger partial charge in [-0.25, -0.2) is 4.90 Å². The van der Waals surface area contributed by atoms with E-state index >= 15 is 0 Å². The van der Waals surface area contributed by atoms with Gasteiger partial charge in [-0.05, 0) is 71.3 Å². The number of imide groups is 1. The van der Waals surface area contributed by atoms with E-state index in [4.69, 9.17) is 0 Å². The summed E-state index contributed by atoms with van der Waals surface area (Å²) in [5, 5.41) is 4.73. The van der Waals surface area contributed by atoms with Crippen LogP contribution in [0, 0.1) is 0 Å². The number of aryl methyl sites for hydroxylation is 2. The normalized spacial score (nSPS) is 14.1. The molecular formula is C28H20N2O3. The molecule has 6 rings (SSSR count). The summed E-state index contributed by atoms with van der Waals surface area (Å²) in [4.78, 5) is 40.3. The second-order valence-electron chi connectivity index (χ2n) is 8.50. The molecular weight excluding hydrogens is 412 g/mol. The van der Waals surface area contributed by atoms with Crippen LogP contribution < -0.4 is 10.2 Å². The van der Waals surface area contributed by atoms with Gasteiger partial charge in [-0.3, -0.25) is 14.4 Å². The topological polar surface area (TPSA) is 66.5 Å². The first kappa shape index (κ1) is 19.4. The van der Waals surface area contributed by atoms with Crippen LogP contribution in [0.3, 0.4) is 0 Å². The fourth-order valence-corrected chi connectivity index (χ4v) is 4.93. The first-order valence-corrected chi connectivity index (χ1v) is 11.0. The van der Waals surface area contributed by atoms with Crippen molar-refractivity contribution in [2.24, 2.45) is 0 Å². The van der Waals surface area contributed by atoms with E-state index in [1.165, 1.54) is 16.0 Å². The van der Waals surface area contributed by atoms with Crippen LogP contribution in [0.15, 0.2) is 78.9 Å². The summed E-state index contributed by atoms with van der Waals surface area (Å²) in [6.07, 6.45) is 2.16. The monoisotopic (exact) mass is 432 g/mol. The lowest BCUT2D eigenvalue weighted by molar-refractivity contribution is -0.115. The highest BCUT2D eigenvalue weighted by Gasteiger charge is 2.35. The summed E-state index contributed by atoms with van der Waals surface area (Å²) in [7, 11) is 0. The van der Waals surface area contributed by atoms with Crippen LogP contribution in [-0.4, -0.2) is 17.7 Å². The summed E-state index contributed by atoms with van der Waals surface area (Å²) >= 11 is 0. The molecule has 1 heterocycles. The molecule has 0 spiro atoms. The third-order valence-corrected chi connectivity index (χ3v) is 6.48. The first-order chi connectivity index (χ1) is 16.1. The minimum absolute atomic E-state index is 0.128. The number of rotatable bonds is 4. The molecule has 0 saturated heterocycles. The Hall–Kier alpha value is -4.25. The fourth-order valence-electron chi connectivity index (χ4n) is 4.93. The molecule has 0 bridgehead atoms.